The summed E-state index contributed by atoms with van der Waals surface area (Å²) in [7, 11) is 7.23. The van der Waals surface area contributed by atoms with E-state index in [-0.39, 0.29) is 0 Å². The van der Waals surface area contributed by atoms with Crippen molar-refractivity contribution in [2.75, 3.05) is 38.5 Å². The van der Waals surface area contributed by atoms with Crippen molar-refractivity contribution in [1.82, 2.24) is 20.6 Å². The summed E-state index contributed by atoms with van der Waals surface area (Å²) in [5.74, 6) is 3.03. The van der Waals surface area contributed by atoms with Gasteiger partial charge in [0.25, 0.3) is 0 Å². The van der Waals surface area contributed by atoms with E-state index >= 15 is 0 Å². The first-order valence-corrected chi connectivity index (χ1v) is 10.9. The lowest BCUT2D eigenvalue weighted by molar-refractivity contribution is 0.351. The molecule has 9 heteroatoms. The van der Waals surface area contributed by atoms with Gasteiger partial charge in [0.15, 0.2) is 16.6 Å². The number of nitrogens with one attached hydrogen (secondary N) is 3. The number of benzene rings is 1. The van der Waals surface area contributed by atoms with Gasteiger partial charge in [-0.25, -0.2) is 4.98 Å². The van der Waals surface area contributed by atoms with Crippen LogP contribution in [0.2, 0.25) is 0 Å². The van der Waals surface area contributed by atoms with E-state index in [0.29, 0.717) is 35.4 Å². The molecule has 0 amide bonds. The summed E-state index contributed by atoms with van der Waals surface area (Å²) in [4.78, 5) is 10.9. The van der Waals surface area contributed by atoms with Crippen LogP contribution in [0, 0.1) is 0 Å². The Morgan fingerprint density at radius 1 is 1.10 bits per heavy atom. The standard InChI is InChI=1S/C22H32N6O2S/c1-28(2)19-12-13-23-21(27-19)25-16-8-10-17(11-9-16)26-22(31)24-14-15-6-5-7-18(29-3)20(15)30-4/h5-7,12-13,16-17H,8-11,14H2,1-4H3,(H,23,25,27)(H2,24,26,31)/t16-,17+. The van der Waals surface area contributed by atoms with E-state index in [1.54, 1.807) is 20.4 Å². The van der Waals surface area contributed by atoms with Gasteiger partial charge in [0, 0.05) is 44.5 Å². The first-order valence-electron chi connectivity index (χ1n) is 10.5. The molecule has 0 aliphatic heterocycles. The van der Waals surface area contributed by atoms with Gasteiger partial charge in [-0.1, -0.05) is 12.1 Å². The van der Waals surface area contributed by atoms with Crippen molar-refractivity contribution in [1.29, 1.82) is 0 Å². The molecule has 0 unspecified atom stereocenters. The summed E-state index contributed by atoms with van der Waals surface area (Å²) in [5, 5.41) is 10.9. The number of ether oxygens (including phenoxy) is 2. The predicted molar refractivity (Wildman–Crippen MR) is 128 cm³/mol. The van der Waals surface area contributed by atoms with E-state index in [1.165, 1.54) is 0 Å². The normalized spacial score (nSPS) is 18.1. The molecule has 1 aromatic heterocycles. The van der Waals surface area contributed by atoms with E-state index in [1.807, 2.05) is 43.3 Å². The fraction of sp³-hybridized carbons (Fsp3) is 0.500. The second-order valence-corrected chi connectivity index (χ2v) is 8.21. The molecule has 0 spiro atoms. The number of hydrogen-bond donors (Lipinski definition) is 3. The molecule has 1 aromatic carbocycles. The van der Waals surface area contributed by atoms with Crippen molar-refractivity contribution in [3.8, 4) is 11.5 Å². The van der Waals surface area contributed by atoms with Gasteiger partial charge in [-0.05, 0) is 50.0 Å². The average molecular weight is 445 g/mol. The van der Waals surface area contributed by atoms with Gasteiger partial charge in [0.1, 0.15) is 5.82 Å². The molecular weight excluding hydrogens is 412 g/mol. The zero-order chi connectivity index (χ0) is 22.2. The lowest BCUT2D eigenvalue weighted by Gasteiger charge is -2.30. The molecule has 2 aromatic rings. The van der Waals surface area contributed by atoms with Crippen LogP contribution in [-0.2, 0) is 6.54 Å². The topological polar surface area (TPSA) is 83.6 Å². The van der Waals surface area contributed by atoms with Gasteiger partial charge in [-0.3, -0.25) is 0 Å². The average Bonchev–Trinajstić information content (AvgIpc) is 2.78. The number of nitrogens with zero attached hydrogens (tertiary/aromatic N) is 3. The fourth-order valence-electron chi connectivity index (χ4n) is 3.74. The van der Waals surface area contributed by atoms with E-state index in [4.69, 9.17) is 21.7 Å². The molecular formula is C22H32N6O2S. The van der Waals surface area contributed by atoms with Crippen LogP contribution < -0.4 is 30.3 Å². The van der Waals surface area contributed by atoms with Crippen molar-refractivity contribution in [3.63, 3.8) is 0 Å². The van der Waals surface area contributed by atoms with Crippen molar-refractivity contribution < 1.29 is 9.47 Å². The highest BCUT2D eigenvalue weighted by atomic mass is 32.1. The van der Waals surface area contributed by atoms with Gasteiger partial charge in [-0.2, -0.15) is 4.98 Å². The van der Waals surface area contributed by atoms with Gasteiger partial charge < -0.3 is 30.3 Å². The first kappa shape index (κ1) is 22.9. The molecule has 3 rings (SSSR count). The minimum Gasteiger partial charge on any atom is -0.493 e. The van der Waals surface area contributed by atoms with Crippen LogP contribution in [0.4, 0.5) is 11.8 Å². The van der Waals surface area contributed by atoms with Crippen LogP contribution in [-0.4, -0.2) is 55.5 Å². The largest absolute Gasteiger partial charge is 0.493 e. The molecule has 1 heterocycles. The van der Waals surface area contributed by atoms with Crippen molar-refractivity contribution in [2.45, 2.75) is 44.3 Å². The molecule has 1 aliphatic rings. The lowest BCUT2D eigenvalue weighted by atomic mass is 9.91. The minimum absolute atomic E-state index is 0.360. The highest BCUT2D eigenvalue weighted by Gasteiger charge is 2.22. The predicted octanol–water partition coefficient (Wildman–Crippen LogP) is 2.95. The van der Waals surface area contributed by atoms with Crippen LogP contribution in [0.3, 0.4) is 0 Å². The quantitative estimate of drug-likeness (QED) is 0.532. The van der Waals surface area contributed by atoms with Crippen LogP contribution in [0.25, 0.3) is 0 Å². The molecule has 0 saturated heterocycles. The highest BCUT2D eigenvalue weighted by Crippen LogP contribution is 2.30. The van der Waals surface area contributed by atoms with Crippen LogP contribution in [0.5, 0.6) is 11.5 Å². The number of para-hydroxylation sites is 1. The molecule has 1 aliphatic carbocycles. The molecule has 168 valence electrons. The third-order valence-corrected chi connectivity index (χ3v) is 5.68. The number of hydrogen-bond acceptors (Lipinski definition) is 7. The second kappa shape index (κ2) is 11.0. The van der Waals surface area contributed by atoms with Crippen LogP contribution >= 0.6 is 12.2 Å². The van der Waals surface area contributed by atoms with Gasteiger partial charge in [0.05, 0.1) is 14.2 Å². The van der Waals surface area contributed by atoms with Crippen molar-refractivity contribution >= 4 is 29.1 Å². The van der Waals surface area contributed by atoms with E-state index in [2.05, 4.69) is 25.9 Å². The molecule has 0 atom stereocenters. The number of anilines is 2. The Balaban J connectivity index is 1.44. The van der Waals surface area contributed by atoms with Crippen molar-refractivity contribution in [3.05, 3.63) is 36.0 Å². The summed E-state index contributed by atoms with van der Waals surface area (Å²) in [5.41, 5.74) is 0.999. The van der Waals surface area contributed by atoms with E-state index in [9.17, 15) is 0 Å². The lowest BCUT2D eigenvalue weighted by Crippen LogP contribution is -2.44. The van der Waals surface area contributed by atoms with Gasteiger partial charge >= 0.3 is 0 Å². The van der Waals surface area contributed by atoms with Gasteiger partial charge in [-0.15, -0.1) is 0 Å². The summed E-state index contributed by atoms with van der Waals surface area (Å²) in [6.45, 7) is 0.572. The highest BCUT2D eigenvalue weighted by molar-refractivity contribution is 7.80. The zero-order valence-electron chi connectivity index (χ0n) is 18.6. The molecule has 31 heavy (non-hydrogen) atoms. The number of thiocarbonyl (C=S) groups is 1. The van der Waals surface area contributed by atoms with Crippen molar-refractivity contribution in [2.24, 2.45) is 0 Å². The number of aromatic nitrogens is 2. The smallest absolute Gasteiger partial charge is 0.224 e. The van der Waals surface area contributed by atoms with E-state index < -0.39 is 0 Å². The SMILES string of the molecule is COc1cccc(CNC(=S)N[C@H]2CC[C@@H](Nc3nccc(N(C)C)n3)CC2)c1OC. The Bertz CT molecular complexity index is 871. The maximum Gasteiger partial charge on any atom is 0.224 e. The first-order chi connectivity index (χ1) is 15.0. The third-order valence-electron chi connectivity index (χ3n) is 5.42. The summed E-state index contributed by atoms with van der Waals surface area (Å²) < 4.78 is 10.8. The molecule has 3 N–H and O–H groups in total. The second-order valence-electron chi connectivity index (χ2n) is 7.81. The summed E-state index contributed by atoms with van der Waals surface area (Å²) in [6.07, 6.45) is 5.95. The number of methoxy groups -OCH3 is 2. The van der Waals surface area contributed by atoms with Gasteiger partial charge in [0.2, 0.25) is 5.95 Å². The molecule has 1 fully saturated rings. The summed E-state index contributed by atoms with van der Waals surface area (Å²) in [6, 6.07) is 8.47. The maximum absolute atomic E-state index is 5.51. The third kappa shape index (κ3) is 6.33. The van der Waals surface area contributed by atoms with E-state index in [0.717, 1.165) is 42.8 Å². The van der Waals surface area contributed by atoms with Crippen LogP contribution in [0.1, 0.15) is 31.2 Å². The molecule has 0 radical (unpaired) electrons. The fourth-order valence-corrected chi connectivity index (χ4v) is 3.98. The Morgan fingerprint density at radius 3 is 2.52 bits per heavy atom. The molecule has 1 saturated carbocycles. The number of rotatable bonds is 8. The van der Waals surface area contributed by atoms with Crippen LogP contribution in [0.15, 0.2) is 30.5 Å². The Hall–Kier alpha value is -2.81. The minimum atomic E-state index is 0.360. The maximum atomic E-state index is 5.51. The Morgan fingerprint density at radius 2 is 1.84 bits per heavy atom. The molecule has 0 bridgehead atoms. The Kier molecular flexibility index (Phi) is 8.11. The summed E-state index contributed by atoms with van der Waals surface area (Å²) >= 11 is 5.51. The zero-order valence-corrected chi connectivity index (χ0v) is 19.5. The molecule has 8 nitrogen and oxygen atoms in total. The Labute approximate surface area is 189 Å². The monoisotopic (exact) mass is 444 g/mol.